The number of aryl methyl sites for hydroxylation is 1. The lowest BCUT2D eigenvalue weighted by atomic mass is 10.0. The number of nitrogens with one attached hydrogen (secondary N) is 1. The van der Waals surface area contributed by atoms with E-state index in [2.05, 4.69) is 36.7 Å². The third kappa shape index (κ3) is 3.05. The fourth-order valence-electron chi connectivity index (χ4n) is 1.91. The first-order valence-corrected chi connectivity index (χ1v) is 6.84. The zero-order chi connectivity index (χ0) is 10.7. The summed E-state index contributed by atoms with van der Waals surface area (Å²) >= 11 is 1.87. The summed E-state index contributed by atoms with van der Waals surface area (Å²) < 4.78 is 0. The van der Waals surface area contributed by atoms with Crippen LogP contribution in [0.2, 0.25) is 0 Å². The second-order valence-electron chi connectivity index (χ2n) is 5.01. The van der Waals surface area contributed by atoms with Gasteiger partial charge in [-0.25, -0.2) is 0 Å². The third-order valence-electron chi connectivity index (χ3n) is 3.71. The Balaban J connectivity index is 1.59. The van der Waals surface area contributed by atoms with Crippen molar-refractivity contribution in [1.29, 1.82) is 0 Å². The highest BCUT2D eigenvalue weighted by Crippen LogP contribution is 2.47. The van der Waals surface area contributed by atoms with E-state index in [0.717, 1.165) is 6.54 Å². The topological polar surface area (TPSA) is 12.0 Å². The Kier molecular flexibility index (Phi) is 3.47. The molecule has 1 atom stereocenters. The van der Waals surface area contributed by atoms with Crippen molar-refractivity contribution >= 4 is 11.3 Å². The van der Waals surface area contributed by atoms with E-state index in [1.807, 2.05) is 11.3 Å². The summed E-state index contributed by atoms with van der Waals surface area (Å²) in [5.41, 5.74) is 0.614. The molecule has 1 N–H and O–H groups in total. The van der Waals surface area contributed by atoms with Gasteiger partial charge in [-0.05, 0) is 56.0 Å². The SMILES string of the molecule is CC(NCCCc1cccs1)C1(C)CC1. The molecule has 2 rings (SSSR count). The summed E-state index contributed by atoms with van der Waals surface area (Å²) in [5, 5.41) is 5.82. The Morgan fingerprint density at radius 1 is 1.53 bits per heavy atom. The molecule has 0 aliphatic heterocycles. The molecule has 0 amide bonds. The van der Waals surface area contributed by atoms with Gasteiger partial charge in [0.25, 0.3) is 0 Å². The van der Waals surface area contributed by atoms with Crippen LogP contribution in [0.1, 0.15) is 38.0 Å². The molecule has 1 unspecified atom stereocenters. The van der Waals surface area contributed by atoms with E-state index >= 15 is 0 Å². The third-order valence-corrected chi connectivity index (χ3v) is 4.65. The Hall–Kier alpha value is -0.340. The molecule has 1 fully saturated rings. The highest BCUT2D eigenvalue weighted by molar-refractivity contribution is 7.09. The summed E-state index contributed by atoms with van der Waals surface area (Å²) in [6.45, 7) is 5.89. The molecule has 0 radical (unpaired) electrons. The van der Waals surface area contributed by atoms with Gasteiger partial charge in [-0.3, -0.25) is 0 Å². The van der Waals surface area contributed by atoms with Gasteiger partial charge in [-0.1, -0.05) is 13.0 Å². The molecule has 0 saturated heterocycles. The Morgan fingerprint density at radius 3 is 2.93 bits per heavy atom. The number of hydrogen-bond donors (Lipinski definition) is 1. The normalized spacial score (nSPS) is 20.1. The van der Waals surface area contributed by atoms with Gasteiger partial charge in [0, 0.05) is 10.9 Å². The quantitative estimate of drug-likeness (QED) is 0.728. The summed E-state index contributed by atoms with van der Waals surface area (Å²) in [4.78, 5) is 1.52. The average molecular weight is 223 g/mol. The molecule has 1 aromatic rings. The first-order valence-electron chi connectivity index (χ1n) is 5.96. The lowest BCUT2D eigenvalue weighted by Crippen LogP contribution is -2.34. The molecule has 1 aliphatic rings. The van der Waals surface area contributed by atoms with Crippen LogP contribution in [0.5, 0.6) is 0 Å². The van der Waals surface area contributed by atoms with Gasteiger partial charge >= 0.3 is 0 Å². The largest absolute Gasteiger partial charge is 0.314 e. The highest BCUT2D eigenvalue weighted by Gasteiger charge is 2.41. The minimum atomic E-state index is 0.614. The monoisotopic (exact) mass is 223 g/mol. The maximum Gasteiger partial charge on any atom is 0.00925 e. The van der Waals surface area contributed by atoms with Crippen molar-refractivity contribution in [2.45, 2.75) is 45.6 Å². The maximum absolute atomic E-state index is 3.65. The Morgan fingerprint density at radius 2 is 2.33 bits per heavy atom. The van der Waals surface area contributed by atoms with Gasteiger partial charge in [0.15, 0.2) is 0 Å². The number of thiophene rings is 1. The molecule has 15 heavy (non-hydrogen) atoms. The van der Waals surface area contributed by atoms with Crippen molar-refractivity contribution in [3.8, 4) is 0 Å². The van der Waals surface area contributed by atoms with Crippen molar-refractivity contribution in [1.82, 2.24) is 5.32 Å². The fourth-order valence-corrected chi connectivity index (χ4v) is 2.66. The van der Waals surface area contributed by atoms with Crippen LogP contribution in [-0.4, -0.2) is 12.6 Å². The van der Waals surface area contributed by atoms with Gasteiger partial charge in [-0.2, -0.15) is 0 Å². The van der Waals surface area contributed by atoms with Crippen LogP contribution in [-0.2, 0) is 6.42 Å². The van der Waals surface area contributed by atoms with E-state index in [1.54, 1.807) is 0 Å². The number of hydrogen-bond acceptors (Lipinski definition) is 2. The van der Waals surface area contributed by atoms with Crippen LogP contribution in [0.4, 0.5) is 0 Å². The molecule has 1 heterocycles. The molecule has 0 bridgehead atoms. The minimum Gasteiger partial charge on any atom is -0.314 e. The molecule has 0 spiro atoms. The van der Waals surface area contributed by atoms with E-state index in [0.29, 0.717) is 11.5 Å². The van der Waals surface area contributed by atoms with Gasteiger partial charge in [0.2, 0.25) is 0 Å². The van der Waals surface area contributed by atoms with Crippen LogP contribution < -0.4 is 5.32 Å². The maximum atomic E-state index is 3.65. The molecule has 2 heteroatoms. The first-order chi connectivity index (χ1) is 7.21. The predicted molar refractivity (Wildman–Crippen MR) is 67.4 cm³/mol. The summed E-state index contributed by atoms with van der Waals surface area (Å²) in [7, 11) is 0. The Labute approximate surface area is 96.9 Å². The second-order valence-corrected chi connectivity index (χ2v) is 6.05. The molecule has 84 valence electrons. The average Bonchev–Trinajstić information content (AvgIpc) is 2.80. The smallest absolute Gasteiger partial charge is 0.00925 e. The summed E-state index contributed by atoms with van der Waals surface area (Å²) in [6.07, 6.45) is 5.31. The lowest BCUT2D eigenvalue weighted by Gasteiger charge is -2.20. The van der Waals surface area contributed by atoms with Crippen LogP contribution in [0.15, 0.2) is 17.5 Å². The van der Waals surface area contributed by atoms with Crippen molar-refractivity contribution in [2.75, 3.05) is 6.54 Å². The molecular formula is C13H21NS. The highest BCUT2D eigenvalue weighted by atomic mass is 32.1. The molecule has 1 nitrogen and oxygen atoms in total. The van der Waals surface area contributed by atoms with Crippen molar-refractivity contribution < 1.29 is 0 Å². The van der Waals surface area contributed by atoms with E-state index in [9.17, 15) is 0 Å². The van der Waals surface area contributed by atoms with E-state index in [-0.39, 0.29) is 0 Å². The van der Waals surface area contributed by atoms with Crippen molar-refractivity contribution in [2.24, 2.45) is 5.41 Å². The predicted octanol–water partition coefficient (Wildman–Crippen LogP) is 3.46. The van der Waals surface area contributed by atoms with Crippen LogP contribution >= 0.6 is 11.3 Å². The summed E-state index contributed by atoms with van der Waals surface area (Å²) in [6, 6.07) is 5.07. The van der Waals surface area contributed by atoms with E-state index in [4.69, 9.17) is 0 Å². The van der Waals surface area contributed by atoms with Gasteiger partial charge in [-0.15, -0.1) is 11.3 Å². The summed E-state index contributed by atoms with van der Waals surface area (Å²) in [5.74, 6) is 0. The number of rotatable bonds is 6. The van der Waals surface area contributed by atoms with Gasteiger partial charge in [0.05, 0.1) is 0 Å². The minimum absolute atomic E-state index is 0.614. The van der Waals surface area contributed by atoms with Gasteiger partial charge < -0.3 is 5.32 Å². The molecular weight excluding hydrogens is 202 g/mol. The lowest BCUT2D eigenvalue weighted by molar-refractivity contribution is 0.380. The van der Waals surface area contributed by atoms with Crippen LogP contribution in [0.3, 0.4) is 0 Å². The van der Waals surface area contributed by atoms with Crippen LogP contribution in [0, 0.1) is 5.41 Å². The van der Waals surface area contributed by atoms with E-state index < -0.39 is 0 Å². The first kappa shape index (κ1) is 11.2. The fraction of sp³-hybridized carbons (Fsp3) is 0.692. The molecule has 0 aromatic carbocycles. The standard InChI is InChI=1S/C13H21NS/c1-11(13(2)7-8-13)14-9-3-5-12-6-4-10-15-12/h4,6,10-11,14H,3,5,7-9H2,1-2H3. The van der Waals surface area contributed by atoms with Crippen molar-refractivity contribution in [3.05, 3.63) is 22.4 Å². The van der Waals surface area contributed by atoms with Gasteiger partial charge in [0.1, 0.15) is 0 Å². The second kappa shape index (κ2) is 4.67. The van der Waals surface area contributed by atoms with E-state index in [1.165, 1.54) is 30.6 Å². The molecule has 1 saturated carbocycles. The van der Waals surface area contributed by atoms with Crippen molar-refractivity contribution in [3.63, 3.8) is 0 Å². The Bertz CT molecular complexity index is 287. The zero-order valence-electron chi connectivity index (χ0n) is 9.75. The van der Waals surface area contributed by atoms with Crippen LogP contribution in [0.25, 0.3) is 0 Å². The molecule has 1 aliphatic carbocycles. The molecule has 1 aromatic heterocycles. The zero-order valence-corrected chi connectivity index (χ0v) is 10.6.